The summed E-state index contributed by atoms with van der Waals surface area (Å²) in [5.41, 5.74) is 3.19. The molecular weight excluding hydrogens is 532 g/mol. The second kappa shape index (κ2) is 14.6. The van der Waals surface area contributed by atoms with Gasteiger partial charge in [0.05, 0.1) is 12.6 Å². The summed E-state index contributed by atoms with van der Waals surface area (Å²) < 4.78 is 6.48. The highest BCUT2D eigenvalue weighted by Gasteiger charge is 2.36. The Morgan fingerprint density at radius 1 is 0.976 bits per heavy atom. The molecule has 9 heteroatoms. The molecule has 6 atom stereocenters. The summed E-state index contributed by atoms with van der Waals surface area (Å²) in [6.07, 6.45) is 3.82. The number of amides is 3. The van der Waals surface area contributed by atoms with Crippen LogP contribution in [0.4, 0.5) is 0 Å². The molecule has 0 saturated carbocycles. The lowest BCUT2D eigenvalue weighted by molar-refractivity contribution is -0.143. The van der Waals surface area contributed by atoms with Gasteiger partial charge in [0, 0.05) is 26.1 Å². The normalized spacial score (nSPS) is 25.7. The number of likely N-dealkylation sites (N-methyl/N-ethyl adjacent to an activating group) is 1. The summed E-state index contributed by atoms with van der Waals surface area (Å²) in [7, 11) is 1.54. The predicted octanol–water partition coefficient (Wildman–Crippen LogP) is 2.55. The van der Waals surface area contributed by atoms with Gasteiger partial charge in [0.2, 0.25) is 17.7 Å². The van der Waals surface area contributed by atoms with E-state index < -0.39 is 30.6 Å². The van der Waals surface area contributed by atoms with Gasteiger partial charge in [-0.15, -0.1) is 0 Å². The van der Waals surface area contributed by atoms with Crippen molar-refractivity contribution in [3.8, 4) is 5.75 Å². The number of fused-ring (bicyclic) bond motifs is 1. The summed E-state index contributed by atoms with van der Waals surface area (Å²) >= 11 is 0. The molecule has 2 aliphatic rings. The molecule has 0 aliphatic carbocycles. The maximum atomic E-state index is 13.8. The molecule has 4 N–H and O–H groups in total. The largest absolute Gasteiger partial charge is 0.489 e. The average Bonchev–Trinajstić information content (AvgIpc) is 3.01. The summed E-state index contributed by atoms with van der Waals surface area (Å²) in [6.45, 7) is 6.27. The van der Waals surface area contributed by atoms with Crippen LogP contribution in [0.5, 0.6) is 5.75 Å². The smallest absolute Gasteiger partial charge is 0.245 e. The highest BCUT2D eigenvalue weighted by molar-refractivity contribution is 5.93. The molecule has 0 saturated heterocycles. The van der Waals surface area contributed by atoms with Gasteiger partial charge in [-0.05, 0) is 48.3 Å². The fraction of sp³-hybridized carbons (Fsp3) is 0.545. The quantitative estimate of drug-likeness (QED) is 0.433. The van der Waals surface area contributed by atoms with Crippen molar-refractivity contribution >= 4 is 17.7 Å². The Bertz CT molecular complexity index is 1220. The number of aliphatic hydroxyl groups is 1. The Labute approximate surface area is 249 Å². The van der Waals surface area contributed by atoms with Gasteiger partial charge < -0.3 is 30.7 Å². The number of hydrogen-bond acceptors (Lipinski definition) is 6. The van der Waals surface area contributed by atoms with Crippen molar-refractivity contribution in [3.05, 3.63) is 65.2 Å². The number of aryl methyl sites for hydroxylation is 2. The number of benzene rings is 2. The molecule has 2 aromatic rings. The van der Waals surface area contributed by atoms with E-state index in [9.17, 15) is 19.5 Å². The summed E-state index contributed by atoms with van der Waals surface area (Å²) in [5.74, 6) is -0.615. The molecule has 3 amide bonds. The van der Waals surface area contributed by atoms with Crippen molar-refractivity contribution in [2.24, 2.45) is 5.92 Å². The van der Waals surface area contributed by atoms with E-state index >= 15 is 0 Å². The van der Waals surface area contributed by atoms with Crippen molar-refractivity contribution in [2.45, 2.75) is 83.0 Å². The van der Waals surface area contributed by atoms with Crippen molar-refractivity contribution < 1.29 is 24.2 Å². The van der Waals surface area contributed by atoms with Crippen molar-refractivity contribution in [1.82, 2.24) is 20.9 Å². The number of para-hydroxylation sites is 1. The number of carbonyl (C=O) groups is 3. The Hall–Kier alpha value is -3.43. The predicted molar refractivity (Wildman–Crippen MR) is 162 cm³/mol. The van der Waals surface area contributed by atoms with E-state index in [2.05, 4.69) is 34.1 Å². The second-order valence-electron chi connectivity index (χ2n) is 11.7. The van der Waals surface area contributed by atoms with Gasteiger partial charge in [0.1, 0.15) is 23.9 Å². The van der Waals surface area contributed by atoms with Gasteiger partial charge in [-0.3, -0.25) is 14.4 Å². The molecule has 0 aromatic heterocycles. The molecule has 0 spiro atoms. The third-order valence-electron chi connectivity index (χ3n) is 8.86. The molecule has 2 aliphatic heterocycles. The standard InChI is InChI=1S/C33H46N4O5/c1-5-21(2)28-33(41)37(4)27(20-38)31(39)36-29(22(3)23-11-7-6-8-12-23)32(40)34-18-10-15-24-13-9-14-25-16-17-26(19-35-28)42-30(24)25/h6-9,11-14,21-22,26-29,35,38H,5,10,15-20H2,1-4H3,(H,34,40)(H,36,39)/t21?,22?,26?,27-,28-,29+/m0/s1. The van der Waals surface area contributed by atoms with Crippen molar-refractivity contribution in [1.29, 1.82) is 0 Å². The van der Waals surface area contributed by atoms with Gasteiger partial charge in [-0.1, -0.05) is 75.7 Å². The van der Waals surface area contributed by atoms with Crippen LogP contribution in [0.1, 0.15) is 62.6 Å². The number of rotatable bonds is 5. The Morgan fingerprint density at radius 3 is 2.38 bits per heavy atom. The van der Waals surface area contributed by atoms with Crippen molar-refractivity contribution in [3.63, 3.8) is 0 Å². The van der Waals surface area contributed by atoms with E-state index in [0.29, 0.717) is 19.5 Å². The highest BCUT2D eigenvalue weighted by atomic mass is 16.5. The molecule has 0 fully saturated rings. The Kier molecular flexibility index (Phi) is 11.0. The third kappa shape index (κ3) is 7.31. The lowest BCUT2D eigenvalue weighted by Gasteiger charge is -2.35. The van der Waals surface area contributed by atoms with Gasteiger partial charge in [-0.2, -0.15) is 0 Å². The maximum Gasteiger partial charge on any atom is 0.245 e. The van der Waals surface area contributed by atoms with Crippen LogP contribution in [0.25, 0.3) is 0 Å². The van der Waals surface area contributed by atoms with Crippen LogP contribution >= 0.6 is 0 Å². The lowest BCUT2D eigenvalue weighted by Crippen LogP contribution is -2.60. The number of carbonyl (C=O) groups excluding carboxylic acids is 3. The van der Waals surface area contributed by atoms with Crippen LogP contribution in [0.3, 0.4) is 0 Å². The molecule has 9 nitrogen and oxygen atoms in total. The number of hydrogen-bond donors (Lipinski definition) is 4. The van der Waals surface area contributed by atoms with Crippen LogP contribution in [0.2, 0.25) is 0 Å². The zero-order valence-electron chi connectivity index (χ0n) is 25.3. The molecule has 2 bridgehead atoms. The minimum absolute atomic E-state index is 0.0176. The fourth-order valence-corrected chi connectivity index (χ4v) is 5.87. The first-order chi connectivity index (χ1) is 20.2. The third-order valence-corrected chi connectivity index (χ3v) is 8.86. The van der Waals surface area contributed by atoms with Gasteiger partial charge in [0.25, 0.3) is 0 Å². The van der Waals surface area contributed by atoms with Crippen LogP contribution in [0, 0.1) is 5.92 Å². The maximum absolute atomic E-state index is 13.8. The molecule has 42 heavy (non-hydrogen) atoms. The zero-order valence-corrected chi connectivity index (χ0v) is 25.3. The first-order valence-electron chi connectivity index (χ1n) is 15.3. The second-order valence-corrected chi connectivity index (χ2v) is 11.7. The molecular formula is C33H46N4O5. The van der Waals surface area contributed by atoms with E-state index in [1.807, 2.05) is 51.1 Å². The van der Waals surface area contributed by atoms with Crippen LogP contribution in [0.15, 0.2) is 48.5 Å². The zero-order chi connectivity index (χ0) is 30.2. The molecule has 3 unspecified atom stereocenters. The van der Waals surface area contributed by atoms with E-state index in [1.165, 1.54) is 17.5 Å². The molecule has 4 rings (SSSR count). The van der Waals surface area contributed by atoms with Gasteiger partial charge in [0.15, 0.2) is 0 Å². The Balaban J connectivity index is 1.66. The topological polar surface area (TPSA) is 120 Å². The fourth-order valence-electron chi connectivity index (χ4n) is 5.87. The number of aliphatic hydroxyl groups excluding tert-OH is 1. The number of nitrogens with zero attached hydrogens (tertiary/aromatic N) is 1. The van der Waals surface area contributed by atoms with Gasteiger partial charge in [-0.25, -0.2) is 0 Å². The SMILES string of the molecule is CCC(C)[C@@H]1NCC2CCc3cccc(c3O2)CCCNC(=O)[C@@H](C(C)c2ccccc2)NC(=O)[C@H](CO)N(C)C1=O. The number of ether oxygens (including phenoxy) is 1. The van der Waals surface area contributed by atoms with E-state index in [4.69, 9.17) is 4.74 Å². The Morgan fingerprint density at radius 2 is 1.69 bits per heavy atom. The van der Waals surface area contributed by atoms with Crippen LogP contribution in [-0.4, -0.2) is 78.7 Å². The average molecular weight is 579 g/mol. The number of nitrogens with one attached hydrogen (secondary N) is 3. The molecule has 2 aromatic carbocycles. The van der Waals surface area contributed by atoms with Crippen molar-refractivity contribution in [2.75, 3.05) is 26.7 Å². The summed E-state index contributed by atoms with van der Waals surface area (Å²) in [5, 5.41) is 19.6. The summed E-state index contributed by atoms with van der Waals surface area (Å²) in [4.78, 5) is 42.2. The minimum atomic E-state index is -1.15. The van der Waals surface area contributed by atoms with Crippen LogP contribution in [-0.2, 0) is 27.2 Å². The molecule has 2 heterocycles. The molecule has 228 valence electrons. The van der Waals surface area contributed by atoms with Crippen LogP contribution < -0.4 is 20.7 Å². The monoisotopic (exact) mass is 578 g/mol. The highest BCUT2D eigenvalue weighted by Crippen LogP contribution is 2.32. The van der Waals surface area contributed by atoms with E-state index in [0.717, 1.165) is 42.6 Å². The first-order valence-corrected chi connectivity index (χ1v) is 15.3. The first kappa shape index (κ1) is 31.5. The lowest BCUT2D eigenvalue weighted by atomic mass is 9.92. The van der Waals surface area contributed by atoms with E-state index in [-0.39, 0.29) is 29.8 Å². The molecule has 0 radical (unpaired) electrons. The van der Waals surface area contributed by atoms with E-state index in [1.54, 1.807) is 0 Å². The minimum Gasteiger partial charge on any atom is -0.489 e. The van der Waals surface area contributed by atoms with Gasteiger partial charge >= 0.3 is 0 Å². The summed E-state index contributed by atoms with van der Waals surface area (Å²) in [6, 6.07) is 13.1.